The van der Waals surface area contributed by atoms with Crippen LogP contribution in [0.4, 0.5) is 17.3 Å². The Morgan fingerprint density at radius 3 is 2.74 bits per heavy atom. The molecule has 1 aromatic heterocycles. The fourth-order valence-corrected chi connectivity index (χ4v) is 1.77. The molecule has 0 saturated heterocycles. The summed E-state index contributed by atoms with van der Waals surface area (Å²) in [5.41, 5.74) is -0.0126. The predicted molar refractivity (Wildman–Crippen MR) is 74.6 cm³/mol. The number of nitrogens with zero attached hydrogens (tertiary/aromatic N) is 3. The lowest BCUT2D eigenvalue weighted by Crippen LogP contribution is -2.26. The van der Waals surface area contributed by atoms with Crippen molar-refractivity contribution in [3.8, 4) is 0 Å². The van der Waals surface area contributed by atoms with Crippen molar-refractivity contribution >= 4 is 17.3 Å². The second-order valence-electron chi connectivity index (χ2n) is 3.98. The van der Waals surface area contributed by atoms with Crippen LogP contribution >= 0.6 is 0 Å². The normalized spacial score (nSPS) is 10.3. The van der Waals surface area contributed by atoms with Crippen LogP contribution in [0.3, 0.4) is 0 Å². The summed E-state index contributed by atoms with van der Waals surface area (Å²) in [6, 6.07) is 3.06. The van der Waals surface area contributed by atoms with Gasteiger partial charge in [-0.1, -0.05) is 0 Å². The van der Waals surface area contributed by atoms with Crippen molar-refractivity contribution in [1.29, 1.82) is 0 Å². The molecule has 0 saturated carbocycles. The molecule has 1 heterocycles. The average Bonchev–Trinajstić information content (AvgIpc) is 2.40. The number of rotatable bonds is 8. The maximum absolute atomic E-state index is 11.1. The minimum absolute atomic E-state index is 0.0126. The number of pyridine rings is 1. The summed E-state index contributed by atoms with van der Waals surface area (Å²) >= 11 is 0. The van der Waals surface area contributed by atoms with Crippen molar-refractivity contribution in [3.63, 3.8) is 0 Å². The molecule has 0 amide bonds. The van der Waals surface area contributed by atoms with Crippen LogP contribution < -0.4 is 10.2 Å². The molecule has 0 aliphatic heterocycles. The minimum Gasteiger partial charge on any atom is -0.396 e. The number of aromatic nitrogens is 1. The highest BCUT2D eigenvalue weighted by Gasteiger charge is 2.20. The Kier molecular flexibility index (Phi) is 6.01. The molecule has 0 fully saturated rings. The highest BCUT2D eigenvalue weighted by Crippen LogP contribution is 2.27. The van der Waals surface area contributed by atoms with Crippen LogP contribution in [0.15, 0.2) is 12.1 Å². The van der Waals surface area contributed by atoms with E-state index >= 15 is 0 Å². The van der Waals surface area contributed by atoms with E-state index in [0.29, 0.717) is 37.7 Å². The average molecular weight is 268 g/mol. The van der Waals surface area contributed by atoms with Crippen LogP contribution in [0.5, 0.6) is 0 Å². The molecule has 1 aromatic rings. The summed E-state index contributed by atoms with van der Waals surface area (Å²) in [5.74, 6) is 0.963. The largest absolute Gasteiger partial charge is 0.396 e. The van der Waals surface area contributed by atoms with Crippen molar-refractivity contribution in [1.82, 2.24) is 4.98 Å². The van der Waals surface area contributed by atoms with Gasteiger partial charge in [-0.3, -0.25) is 10.1 Å². The first-order chi connectivity index (χ1) is 9.13. The Morgan fingerprint density at radius 2 is 2.21 bits per heavy atom. The Bertz CT molecular complexity index is 425. The van der Waals surface area contributed by atoms with Gasteiger partial charge >= 0.3 is 5.69 Å². The number of aliphatic hydroxyl groups is 1. The molecule has 2 N–H and O–H groups in total. The zero-order valence-electron chi connectivity index (χ0n) is 11.3. The van der Waals surface area contributed by atoms with Crippen molar-refractivity contribution in [2.45, 2.75) is 20.3 Å². The van der Waals surface area contributed by atoms with Gasteiger partial charge in [0, 0.05) is 32.3 Å². The quantitative estimate of drug-likeness (QED) is 0.550. The standard InChI is InChI=1S/C12H20N4O3/c1-3-13-11-7-6-10(16(18)19)12(14-11)15(4-2)8-5-9-17/h6-7,17H,3-5,8-9H2,1-2H3,(H,13,14). The van der Waals surface area contributed by atoms with Crippen molar-refractivity contribution in [2.24, 2.45) is 0 Å². The predicted octanol–water partition coefficient (Wildman–Crippen LogP) is 1.63. The Morgan fingerprint density at radius 1 is 1.47 bits per heavy atom. The first kappa shape index (κ1) is 15.2. The lowest BCUT2D eigenvalue weighted by molar-refractivity contribution is -0.384. The number of hydrogen-bond donors (Lipinski definition) is 2. The minimum atomic E-state index is -0.431. The summed E-state index contributed by atoms with van der Waals surface area (Å²) in [5, 5.41) is 23.0. The van der Waals surface area contributed by atoms with E-state index in [1.54, 1.807) is 11.0 Å². The molecule has 0 aromatic carbocycles. The molecular formula is C12H20N4O3. The number of nitro groups is 1. The van der Waals surface area contributed by atoms with Gasteiger partial charge in [-0.25, -0.2) is 4.98 Å². The summed E-state index contributed by atoms with van der Waals surface area (Å²) in [6.45, 7) is 5.73. The van der Waals surface area contributed by atoms with Gasteiger partial charge < -0.3 is 15.3 Å². The molecule has 0 aliphatic rings. The highest BCUT2D eigenvalue weighted by molar-refractivity contribution is 5.61. The molecule has 7 nitrogen and oxygen atoms in total. The SMILES string of the molecule is CCNc1ccc([N+](=O)[O-])c(N(CC)CCCO)n1. The van der Waals surface area contributed by atoms with Gasteiger partial charge in [-0.05, 0) is 26.3 Å². The molecule has 0 spiro atoms. The summed E-state index contributed by atoms with van der Waals surface area (Å²) in [4.78, 5) is 16.7. The zero-order valence-corrected chi connectivity index (χ0v) is 11.3. The molecule has 0 atom stereocenters. The number of hydrogen-bond acceptors (Lipinski definition) is 6. The number of aliphatic hydroxyl groups excluding tert-OH is 1. The third-order valence-electron chi connectivity index (χ3n) is 2.68. The van der Waals surface area contributed by atoms with Crippen LogP contribution in [0.1, 0.15) is 20.3 Å². The Balaban J connectivity index is 3.10. The van der Waals surface area contributed by atoms with Gasteiger partial charge in [0.25, 0.3) is 0 Å². The van der Waals surface area contributed by atoms with Gasteiger partial charge in [0.2, 0.25) is 5.82 Å². The Hall–Kier alpha value is -1.89. The van der Waals surface area contributed by atoms with Crippen molar-refractivity contribution < 1.29 is 10.0 Å². The summed E-state index contributed by atoms with van der Waals surface area (Å²) in [6.07, 6.45) is 0.554. The van der Waals surface area contributed by atoms with Gasteiger partial charge in [0.15, 0.2) is 0 Å². The molecule has 7 heteroatoms. The van der Waals surface area contributed by atoms with E-state index < -0.39 is 4.92 Å². The third-order valence-corrected chi connectivity index (χ3v) is 2.68. The molecular weight excluding hydrogens is 248 g/mol. The van der Waals surface area contributed by atoms with Crippen LogP contribution in [-0.4, -0.2) is 41.3 Å². The Labute approximate surface area is 112 Å². The first-order valence-electron chi connectivity index (χ1n) is 6.39. The topological polar surface area (TPSA) is 91.5 Å². The highest BCUT2D eigenvalue weighted by atomic mass is 16.6. The maximum Gasteiger partial charge on any atom is 0.311 e. The molecule has 106 valence electrons. The van der Waals surface area contributed by atoms with Crippen molar-refractivity contribution in [3.05, 3.63) is 22.2 Å². The smallest absolute Gasteiger partial charge is 0.311 e. The molecule has 0 radical (unpaired) electrons. The molecule has 0 bridgehead atoms. The van der Waals surface area contributed by atoms with Crippen LogP contribution in [0, 0.1) is 10.1 Å². The van der Waals surface area contributed by atoms with E-state index in [1.807, 2.05) is 13.8 Å². The van der Waals surface area contributed by atoms with E-state index in [9.17, 15) is 10.1 Å². The lowest BCUT2D eigenvalue weighted by Gasteiger charge is -2.21. The van der Waals surface area contributed by atoms with Gasteiger partial charge in [0.05, 0.1) is 4.92 Å². The van der Waals surface area contributed by atoms with Crippen LogP contribution in [0.25, 0.3) is 0 Å². The second-order valence-corrected chi connectivity index (χ2v) is 3.98. The van der Waals surface area contributed by atoms with Crippen LogP contribution in [-0.2, 0) is 0 Å². The summed E-state index contributed by atoms with van der Waals surface area (Å²) in [7, 11) is 0. The van der Waals surface area contributed by atoms with Gasteiger partial charge in [-0.15, -0.1) is 0 Å². The van der Waals surface area contributed by atoms with E-state index in [1.165, 1.54) is 6.07 Å². The molecule has 0 unspecified atom stereocenters. The fraction of sp³-hybridized carbons (Fsp3) is 0.583. The van der Waals surface area contributed by atoms with Crippen LogP contribution in [0.2, 0.25) is 0 Å². The molecule has 0 aliphatic carbocycles. The monoisotopic (exact) mass is 268 g/mol. The molecule has 19 heavy (non-hydrogen) atoms. The maximum atomic E-state index is 11.1. The number of nitrogens with one attached hydrogen (secondary N) is 1. The zero-order chi connectivity index (χ0) is 14.3. The van der Waals surface area contributed by atoms with E-state index in [-0.39, 0.29) is 12.3 Å². The van der Waals surface area contributed by atoms with E-state index in [2.05, 4.69) is 10.3 Å². The van der Waals surface area contributed by atoms with Gasteiger partial charge in [-0.2, -0.15) is 0 Å². The molecule has 1 rings (SSSR count). The van der Waals surface area contributed by atoms with E-state index in [4.69, 9.17) is 5.11 Å². The summed E-state index contributed by atoms with van der Waals surface area (Å²) < 4.78 is 0. The fourth-order valence-electron chi connectivity index (χ4n) is 1.77. The first-order valence-corrected chi connectivity index (χ1v) is 6.39. The van der Waals surface area contributed by atoms with Gasteiger partial charge in [0.1, 0.15) is 5.82 Å². The second kappa shape index (κ2) is 7.52. The number of anilines is 2. The van der Waals surface area contributed by atoms with Crippen molar-refractivity contribution in [2.75, 3.05) is 36.5 Å². The third kappa shape index (κ3) is 4.06. The van der Waals surface area contributed by atoms with E-state index in [0.717, 1.165) is 0 Å². The lowest BCUT2D eigenvalue weighted by atomic mass is 10.3.